The Kier molecular flexibility index (Phi) is 5.39. The standard InChI is InChI=1S/C20H19F2N3O3/c1-2-20(13-3-5-14(21)6-4-13)18(27)25(19(28)24-20)12-11-17(26)23-16-9-7-15(22)8-10-16/h3-10H,2,11-12H2,1H3,(H,23,26)(H,24,28)/t20-/m0/s1. The number of imide groups is 1. The minimum Gasteiger partial charge on any atom is -0.326 e. The third kappa shape index (κ3) is 3.71. The molecule has 0 unspecified atom stereocenters. The van der Waals surface area contributed by atoms with Crippen molar-refractivity contribution in [3.8, 4) is 0 Å². The molecule has 0 bridgehead atoms. The number of amides is 4. The first-order valence-corrected chi connectivity index (χ1v) is 8.81. The Bertz CT molecular complexity index is 900. The van der Waals surface area contributed by atoms with Crippen LogP contribution in [0.3, 0.4) is 0 Å². The van der Waals surface area contributed by atoms with E-state index in [1.165, 1.54) is 48.5 Å². The normalized spacial score (nSPS) is 18.9. The van der Waals surface area contributed by atoms with E-state index in [-0.39, 0.29) is 19.4 Å². The molecule has 1 aliphatic rings. The molecule has 1 atom stereocenters. The predicted molar refractivity (Wildman–Crippen MR) is 98.3 cm³/mol. The van der Waals surface area contributed by atoms with Crippen LogP contribution in [0.4, 0.5) is 19.3 Å². The van der Waals surface area contributed by atoms with Gasteiger partial charge in [-0.05, 0) is 48.4 Å². The van der Waals surface area contributed by atoms with Crippen LogP contribution >= 0.6 is 0 Å². The number of carbonyl (C=O) groups is 3. The summed E-state index contributed by atoms with van der Waals surface area (Å²) >= 11 is 0. The van der Waals surface area contributed by atoms with Gasteiger partial charge in [0.1, 0.15) is 17.2 Å². The highest BCUT2D eigenvalue weighted by Gasteiger charge is 2.51. The number of hydrogen-bond donors (Lipinski definition) is 2. The number of nitrogens with one attached hydrogen (secondary N) is 2. The summed E-state index contributed by atoms with van der Waals surface area (Å²) in [6.07, 6.45) is 0.168. The molecule has 146 valence electrons. The zero-order chi connectivity index (χ0) is 20.3. The Labute approximate surface area is 160 Å². The maximum Gasteiger partial charge on any atom is 0.325 e. The lowest BCUT2D eigenvalue weighted by atomic mass is 9.87. The van der Waals surface area contributed by atoms with Crippen molar-refractivity contribution in [3.05, 3.63) is 65.7 Å². The number of benzene rings is 2. The van der Waals surface area contributed by atoms with E-state index in [0.29, 0.717) is 11.3 Å². The summed E-state index contributed by atoms with van der Waals surface area (Å²) in [7, 11) is 0. The van der Waals surface area contributed by atoms with Crippen LogP contribution < -0.4 is 10.6 Å². The van der Waals surface area contributed by atoms with E-state index >= 15 is 0 Å². The monoisotopic (exact) mass is 387 g/mol. The number of halogens is 2. The molecular weight excluding hydrogens is 368 g/mol. The Balaban J connectivity index is 1.68. The van der Waals surface area contributed by atoms with Crippen LogP contribution in [-0.4, -0.2) is 29.3 Å². The topological polar surface area (TPSA) is 78.5 Å². The summed E-state index contributed by atoms with van der Waals surface area (Å²) in [6, 6.07) is 10.0. The first kappa shape index (κ1) is 19.5. The number of hydrogen-bond acceptors (Lipinski definition) is 3. The molecule has 0 radical (unpaired) electrons. The van der Waals surface area contributed by atoms with Crippen molar-refractivity contribution < 1.29 is 23.2 Å². The lowest BCUT2D eigenvalue weighted by Crippen LogP contribution is -2.43. The fourth-order valence-electron chi connectivity index (χ4n) is 3.17. The van der Waals surface area contributed by atoms with Gasteiger partial charge in [0.05, 0.1) is 0 Å². The van der Waals surface area contributed by atoms with E-state index in [4.69, 9.17) is 0 Å². The van der Waals surface area contributed by atoms with Gasteiger partial charge in [0.15, 0.2) is 0 Å². The molecule has 2 aromatic rings. The molecule has 28 heavy (non-hydrogen) atoms. The van der Waals surface area contributed by atoms with Crippen LogP contribution in [0.5, 0.6) is 0 Å². The van der Waals surface area contributed by atoms with E-state index in [1.807, 2.05) is 0 Å². The number of rotatable bonds is 6. The van der Waals surface area contributed by atoms with Crippen LogP contribution in [-0.2, 0) is 15.1 Å². The van der Waals surface area contributed by atoms with Crippen LogP contribution in [0.2, 0.25) is 0 Å². The second-order valence-corrected chi connectivity index (χ2v) is 6.46. The first-order chi connectivity index (χ1) is 13.4. The number of anilines is 1. The molecule has 8 heteroatoms. The molecular formula is C20H19F2N3O3. The number of carbonyl (C=O) groups excluding carboxylic acids is 3. The maximum absolute atomic E-state index is 13.2. The summed E-state index contributed by atoms with van der Waals surface area (Å²) in [6.45, 7) is 1.63. The summed E-state index contributed by atoms with van der Waals surface area (Å²) in [5, 5.41) is 5.25. The SMILES string of the molecule is CC[C@@]1(c2ccc(F)cc2)NC(=O)N(CCC(=O)Nc2ccc(F)cc2)C1=O. The van der Waals surface area contributed by atoms with Crippen molar-refractivity contribution in [2.75, 3.05) is 11.9 Å². The van der Waals surface area contributed by atoms with Crippen LogP contribution in [0.1, 0.15) is 25.3 Å². The van der Waals surface area contributed by atoms with Crippen LogP contribution in [0.25, 0.3) is 0 Å². The number of urea groups is 1. The van der Waals surface area contributed by atoms with Gasteiger partial charge in [-0.15, -0.1) is 0 Å². The Morgan fingerprint density at radius 2 is 1.61 bits per heavy atom. The molecule has 0 aromatic heterocycles. The molecule has 3 rings (SSSR count). The fourth-order valence-corrected chi connectivity index (χ4v) is 3.17. The van der Waals surface area contributed by atoms with E-state index in [0.717, 1.165) is 4.90 Å². The minimum absolute atomic E-state index is 0.110. The van der Waals surface area contributed by atoms with Crippen molar-refractivity contribution in [1.82, 2.24) is 10.2 Å². The van der Waals surface area contributed by atoms with Gasteiger partial charge in [-0.25, -0.2) is 13.6 Å². The van der Waals surface area contributed by atoms with Gasteiger partial charge in [-0.2, -0.15) is 0 Å². The Morgan fingerprint density at radius 1 is 1.04 bits per heavy atom. The van der Waals surface area contributed by atoms with E-state index in [2.05, 4.69) is 10.6 Å². The second kappa shape index (κ2) is 7.75. The van der Waals surface area contributed by atoms with Gasteiger partial charge in [0.25, 0.3) is 5.91 Å². The van der Waals surface area contributed by atoms with Gasteiger partial charge in [-0.3, -0.25) is 14.5 Å². The van der Waals surface area contributed by atoms with Gasteiger partial charge < -0.3 is 10.6 Å². The van der Waals surface area contributed by atoms with Crippen molar-refractivity contribution in [3.63, 3.8) is 0 Å². The Morgan fingerprint density at radius 3 is 2.18 bits per heavy atom. The van der Waals surface area contributed by atoms with Gasteiger partial charge in [0.2, 0.25) is 5.91 Å². The molecule has 1 fully saturated rings. The molecule has 1 heterocycles. The highest BCUT2D eigenvalue weighted by molar-refractivity contribution is 6.07. The lowest BCUT2D eigenvalue weighted by molar-refractivity contribution is -0.132. The minimum atomic E-state index is -1.28. The second-order valence-electron chi connectivity index (χ2n) is 6.46. The molecule has 6 nitrogen and oxygen atoms in total. The fraction of sp³-hybridized carbons (Fsp3) is 0.250. The zero-order valence-corrected chi connectivity index (χ0v) is 15.2. The van der Waals surface area contributed by atoms with Gasteiger partial charge in [-0.1, -0.05) is 19.1 Å². The van der Waals surface area contributed by atoms with E-state index in [1.54, 1.807) is 6.92 Å². The van der Waals surface area contributed by atoms with Gasteiger partial charge >= 0.3 is 6.03 Å². The van der Waals surface area contributed by atoms with Crippen LogP contribution in [0.15, 0.2) is 48.5 Å². The molecule has 1 saturated heterocycles. The summed E-state index contributed by atoms with van der Waals surface area (Å²) < 4.78 is 26.1. The highest BCUT2D eigenvalue weighted by Crippen LogP contribution is 2.32. The average molecular weight is 387 g/mol. The average Bonchev–Trinajstić information content (AvgIpc) is 2.93. The van der Waals surface area contributed by atoms with E-state index in [9.17, 15) is 23.2 Å². The quantitative estimate of drug-likeness (QED) is 0.748. The third-order valence-corrected chi connectivity index (χ3v) is 4.73. The third-order valence-electron chi connectivity index (χ3n) is 4.73. The molecule has 0 spiro atoms. The van der Waals surface area contributed by atoms with Gasteiger partial charge in [0, 0.05) is 18.7 Å². The largest absolute Gasteiger partial charge is 0.326 e. The predicted octanol–water partition coefficient (Wildman–Crippen LogP) is 3.15. The van der Waals surface area contributed by atoms with Crippen molar-refractivity contribution in [2.45, 2.75) is 25.3 Å². The van der Waals surface area contributed by atoms with E-state index < -0.39 is 35.0 Å². The molecule has 2 aromatic carbocycles. The van der Waals surface area contributed by atoms with Crippen molar-refractivity contribution in [2.24, 2.45) is 0 Å². The highest BCUT2D eigenvalue weighted by atomic mass is 19.1. The van der Waals surface area contributed by atoms with Crippen LogP contribution in [0, 0.1) is 11.6 Å². The smallest absolute Gasteiger partial charge is 0.325 e. The van der Waals surface area contributed by atoms with Crippen molar-refractivity contribution in [1.29, 1.82) is 0 Å². The maximum atomic E-state index is 13.2. The molecule has 0 aliphatic carbocycles. The summed E-state index contributed by atoms with van der Waals surface area (Å²) in [5.74, 6) is -1.76. The molecule has 2 N–H and O–H groups in total. The molecule has 0 saturated carbocycles. The zero-order valence-electron chi connectivity index (χ0n) is 15.2. The lowest BCUT2D eigenvalue weighted by Gasteiger charge is -2.25. The Hall–Kier alpha value is -3.29. The van der Waals surface area contributed by atoms with Crippen molar-refractivity contribution >= 4 is 23.5 Å². The summed E-state index contributed by atoms with van der Waals surface area (Å²) in [5.41, 5.74) is -0.385. The molecule has 4 amide bonds. The summed E-state index contributed by atoms with van der Waals surface area (Å²) in [4.78, 5) is 38.4. The molecule has 1 aliphatic heterocycles. The number of nitrogens with zero attached hydrogens (tertiary/aromatic N) is 1. The first-order valence-electron chi connectivity index (χ1n) is 8.81.